The van der Waals surface area contributed by atoms with Crippen LogP contribution in [0, 0.1) is 11.3 Å². The summed E-state index contributed by atoms with van der Waals surface area (Å²) in [6.45, 7) is 0.0189. The second-order valence-electron chi connectivity index (χ2n) is 2.90. The molecule has 0 aliphatic carbocycles. The number of nitrogen functional groups attached to an aromatic ring is 1. The molecule has 0 aliphatic heterocycles. The third kappa shape index (κ3) is 2.19. The number of rotatable bonds is 3. The summed E-state index contributed by atoms with van der Waals surface area (Å²) >= 11 is 0. The molecule has 0 saturated carbocycles. The Bertz CT molecular complexity index is 398. The first-order chi connectivity index (χ1) is 7.11. The van der Waals surface area contributed by atoms with Gasteiger partial charge in [0.25, 0.3) is 6.43 Å². The first-order valence-corrected chi connectivity index (χ1v) is 4.23. The highest BCUT2D eigenvalue weighted by Gasteiger charge is 2.17. The number of hydrogen-bond donors (Lipinski definition) is 2. The zero-order valence-electron chi connectivity index (χ0n) is 7.87. The number of nitrogens with zero attached hydrogens (tertiary/aromatic N) is 2. The number of anilines is 1. The van der Waals surface area contributed by atoms with E-state index in [0.717, 1.165) is 0 Å². The monoisotopic (exact) mass is 212 g/mol. The molecule has 0 atom stereocenters. The minimum atomic E-state index is -2.73. The van der Waals surface area contributed by atoms with Crippen LogP contribution in [0.3, 0.4) is 0 Å². The summed E-state index contributed by atoms with van der Waals surface area (Å²) in [5.74, 6) is 0. The first-order valence-electron chi connectivity index (χ1n) is 4.23. The zero-order chi connectivity index (χ0) is 11.4. The maximum absolute atomic E-state index is 12.4. The number of nitriles is 1. The molecule has 0 aromatic carbocycles. The van der Waals surface area contributed by atoms with Crippen LogP contribution < -0.4 is 11.5 Å². The average Bonchev–Trinajstić information content (AvgIpc) is 2.18. The molecule has 1 heterocycles. The Kier molecular flexibility index (Phi) is 3.52. The topological polar surface area (TPSA) is 88.7 Å². The molecule has 1 aromatic rings. The van der Waals surface area contributed by atoms with E-state index in [-0.39, 0.29) is 18.7 Å². The highest BCUT2D eigenvalue weighted by molar-refractivity contribution is 5.54. The molecule has 0 spiro atoms. The van der Waals surface area contributed by atoms with Crippen LogP contribution in [0.5, 0.6) is 0 Å². The Morgan fingerprint density at radius 2 is 2.20 bits per heavy atom. The van der Waals surface area contributed by atoms with Crippen LogP contribution in [0.25, 0.3) is 0 Å². The standard InChI is InChI=1S/C9H10F2N4/c10-9(11)8-7(14)6(3-13)5(1-2-12)4-15-8/h4,9H,1,3,13-14H2. The van der Waals surface area contributed by atoms with E-state index >= 15 is 0 Å². The number of nitrogens with two attached hydrogens (primary N) is 2. The van der Waals surface area contributed by atoms with Crippen molar-refractivity contribution in [2.75, 3.05) is 5.73 Å². The number of hydrogen-bond acceptors (Lipinski definition) is 4. The van der Waals surface area contributed by atoms with Crippen molar-refractivity contribution in [1.82, 2.24) is 4.98 Å². The Morgan fingerprint density at radius 1 is 1.53 bits per heavy atom. The lowest BCUT2D eigenvalue weighted by atomic mass is 10.0. The van der Waals surface area contributed by atoms with Gasteiger partial charge >= 0.3 is 0 Å². The Balaban J connectivity index is 3.27. The van der Waals surface area contributed by atoms with Crippen LogP contribution in [0.1, 0.15) is 23.2 Å². The van der Waals surface area contributed by atoms with E-state index in [0.29, 0.717) is 11.1 Å². The number of halogens is 2. The lowest BCUT2D eigenvalue weighted by Gasteiger charge is -2.11. The van der Waals surface area contributed by atoms with Crippen molar-refractivity contribution in [2.45, 2.75) is 19.4 Å². The smallest absolute Gasteiger partial charge is 0.282 e. The molecule has 1 aromatic heterocycles. The van der Waals surface area contributed by atoms with Crippen molar-refractivity contribution in [1.29, 1.82) is 5.26 Å². The lowest BCUT2D eigenvalue weighted by Crippen LogP contribution is -2.10. The molecule has 0 bridgehead atoms. The largest absolute Gasteiger partial charge is 0.397 e. The molecule has 0 unspecified atom stereocenters. The van der Waals surface area contributed by atoms with Gasteiger partial charge in [0.2, 0.25) is 0 Å². The minimum absolute atomic E-state index is 0.0189. The summed E-state index contributed by atoms with van der Waals surface area (Å²) in [6.07, 6.45) is -1.44. The SMILES string of the molecule is N#CCc1cnc(C(F)F)c(N)c1CN. The molecular weight excluding hydrogens is 202 g/mol. The van der Waals surface area contributed by atoms with Gasteiger partial charge in [-0.25, -0.2) is 8.78 Å². The van der Waals surface area contributed by atoms with E-state index in [1.807, 2.05) is 6.07 Å². The molecule has 0 fully saturated rings. The van der Waals surface area contributed by atoms with Gasteiger partial charge in [-0.05, 0) is 11.1 Å². The Morgan fingerprint density at radius 3 is 2.67 bits per heavy atom. The fourth-order valence-electron chi connectivity index (χ4n) is 1.27. The van der Waals surface area contributed by atoms with Gasteiger partial charge in [-0.3, -0.25) is 4.98 Å². The average molecular weight is 212 g/mol. The van der Waals surface area contributed by atoms with E-state index in [1.165, 1.54) is 6.20 Å². The predicted molar refractivity (Wildman–Crippen MR) is 50.8 cm³/mol. The van der Waals surface area contributed by atoms with E-state index in [4.69, 9.17) is 16.7 Å². The van der Waals surface area contributed by atoms with Crippen LogP contribution in [0.2, 0.25) is 0 Å². The molecule has 1 rings (SSSR count). The molecule has 15 heavy (non-hydrogen) atoms. The van der Waals surface area contributed by atoms with Crippen molar-refractivity contribution >= 4 is 5.69 Å². The van der Waals surface area contributed by atoms with Crippen molar-refractivity contribution in [2.24, 2.45) is 5.73 Å². The highest BCUT2D eigenvalue weighted by Crippen LogP contribution is 2.27. The van der Waals surface area contributed by atoms with Crippen molar-refractivity contribution < 1.29 is 8.78 Å². The maximum atomic E-state index is 12.4. The highest BCUT2D eigenvalue weighted by atomic mass is 19.3. The third-order valence-corrected chi connectivity index (χ3v) is 2.03. The molecule has 6 heteroatoms. The molecule has 80 valence electrons. The van der Waals surface area contributed by atoms with Crippen LogP contribution in [0.15, 0.2) is 6.20 Å². The van der Waals surface area contributed by atoms with Crippen LogP contribution >= 0.6 is 0 Å². The Labute approximate surface area is 85.5 Å². The van der Waals surface area contributed by atoms with E-state index in [9.17, 15) is 8.78 Å². The van der Waals surface area contributed by atoms with Crippen LogP contribution in [-0.4, -0.2) is 4.98 Å². The molecule has 0 radical (unpaired) electrons. The number of aromatic nitrogens is 1. The second kappa shape index (κ2) is 4.66. The van der Waals surface area contributed by atoms with Gasteiger partial charge < -0.3 is 11.5 Å². The molecular formula is C9H10F2N4. The van der Waals surface area contributed by atoms with E-state index < -0.39 is 12.1 Å². The maximum Gasteiger partial charge on any atom is 0.282 e. The van der Waals surface area contributed by atoms with E-state index in [1.54, 1.807) is 0 Å². The van der Waals surface area contributed by atoms with Crippen molar-refractivity contribution in [3.63, 3.8) is 0 Å². The van der Waals surface area contributed by atoms with E-state index in [2.05, 4.69) is 4.98 Å². The summed E-state index contributed by atoms with van der Waals surface area (Å²) in [5, 5.41) is 8.50. The first kappa shape index (κ1) is 11.3. The molecule has 4 nitrogen and oxygen atoms in total. The summed E-state index contributed by atoms with van der Waals surface area (Å²) in [4.78, 5) is 3.52. The normalized spacial score (nSPS) is 10.3. The molecule has 4 N–H and O–H groups in total. The van der Waals surface area contributed by atoms with Crippen LogP contribution in [0.4, 0.5) is 14.5 Å². The summed E-state index contributed by atoms with van der Waals surface area (Å²) in [6, 6.07) is 1.90. The van der Waals surface area contributed by atoms with Gasteiger partial charge in [-0.2, -0.15) is 5.26 Å². The third-order valence-electron chi connectivity index (χ3n) is 2.03. The summed E-state index contributed by atoms with van der Waals surface area (Å²) in [7, 11) is 0. The number of pyridine rings is 1. The van der Waals surface area contributed by atoms with Gasteiger partial charge in [-0.15, -0.1) is 0 Å². The fourth-order valence-corrected chi connectivity index (χ4v) is 1.27. The predicted octanol–water partition coefficient (Wildman–Crippen LogP) is 1.13. The number of alkyl halides is 2. The Hall–Kier alpha value is -1.74. The van der Waals surface area contributed by atoms with Gasteiger partial charge in [0.15, 0.2) is 0 Å². The van der Waals surface area contributed by atoms with Gasteiger partial charge in [0.05, 0.1) is 18.2 Å². The molecule has 0 amide bonds. The summed E-state index contributed by atoms with van der Waals surface area (Å²) in [5.41, 5.74) is 11.2. The van der Waals surface area contributed by atoms with Crippen molar-refractivity contribution in [3.8, 4) is 6.07 Å². The second-order valence-corrected chi connectivity index (χ2v) is 2.90. The van der Waals surface area contributed by atoms with Crippen molar-refractivity contribution in [3.05, 3.63) is 23.0 Å². The minimum Gasteiger partial charge on any atom is -0.397 e. The molecule has 0 aliphatic rings. The van der Waals surface area contributed by atoms with Gasteiger partial charge in [0, 0.05) is 12.7 Å². The van der Waals surface area contributed by atoms with Gasteiger partial charge in [-0.1, -0.05) is 0 Å². The van der Waals surface area contributed by atoms with Gasteiger partial charge in [0.1, 0.15) is 5.69 Å². The quantitative estimate of drug-likeness (QED) is 0.785. The fraction of sp³-hybridized carbons (Fsp3) is 0.333. The zero-order valence-corrected chi connectivity index (χ0v) is 7.87. The summed E-state index contributed by atoms with van der Waals surface area (Å²) < 4.78 is 24.8. The van der Waals surface area contributed by atoms with Crippen LogP contribution in [-0.2, 0) is 13.0 Å². The lowest BCUT2D eigenvalue weighted by molar-refractivity contribution is 0.147. The molecule has 0 saturated heterocycles.